The van der Waals surface area contributed by atoms with Crippen molar-refractivity contribution >= 4 is 28.6 Å². The van der Waals surface area contributed by atoms with Gasteiger partial charge in [-0.2, -0.15) is 0 Å². The lowest BCUT2D eigenvalue weighted by Crippen LogP contribution is -2.11. The van der Waals surface area contributed by atoms with Crippen molar-refractivity contribution in [2.24, 2.45) is 0 Å². The molecule has 0 aliphatic heterocycles. The van der Waals surface area contributed by atoms with Crippen LogP contribution in [0.2, 0.25) is 0 Å². The van der Waals surface area contributed by atoms with Crippen molar-refractivity contribution in [3.8, 4) is 124 Å². The van der Waals surface area contributed by atoms with Crippen LogP contribution in [-0.4, -0.2) is 91.3 Å². The van der Waals surface area contributed by atoms with E-state index in [2.05, 4.69) is 185 Å². The minimum Gasteiger partial charge on any atom is -0.491 e. The maximum atomic E-state index is 12.1. The molecule has 17 heteroatoms. The average Bonchev–Trinajstić information content (AvgIpc) is 1.71. The molecule has 1 fully saturated rings. The van der Waals surface area contributed by atoms with E-state index in [4.69, 9.17) is 33.2 Å². The van der Waals surface area contributed by atoms with Crippen LogP contribution in [0, 0.1) is 13.8 Å². The monoisotopic (exact) mass is 1600 g/mol. The molecule has 0 spiro atoms. The second kappa shape index (κ2) is 36.7. The number of nitrogens with zero attached hydrogens (tertiary/aromatic N) is 8. The van der Waals surface area contributed by atoms with E-state index in [0.29, 0.717) is 5.56 Å². The van der Waals surface area contributed by atoms with E-state index in [9.17, 15) is 9.90 Å². The van der Waals surface area contributed by atoms with E-state index < -0.39 is 5.60 Å². The Balaban J connectivity index is 0.000000131. The molecular weight excluding hydrogens is 1490 g/mol. The van der Waals surface area contributed by atoms with E-state index in [1.54, 1.807) is 12.1 Å². The Hall–Kier alpha value is -13.3. The first-order valence-electron chi connectivity index (χ1n) is 41.4. The normalized spacial score (nSPS) is 12.3. The largest absolute Gasteiger partial charge is 0.491 e. The Kier molecular flexibility index (Phi) is 25.5. The molecule has 16 aromatic rings. The van der Waals surface area contributed by atoms with Gasteiger partial charge < -0.3 is 38.3 Å². The van der Waals surface area contributed by atoms with E-state index >= 15 is 0 Å². The molecule has 0 bridgehead atoms. The van der Waals surface area contributed by atoms with Gasteiger partial charge in [-0.15, -0.1) is 0 Å². The van der Waals surface area contributed by atoms with Gasteiger partial charge in [0, 0.05) is 47.0 Å². The third-order valence-corrected chi connectivity index (χ3v) is 20.1. The summed E-state index contributed by atoms with van der Waals surface area (Å²) in [6.45, 7) is 32.3. The number of pyridine rings is 4. The van der Waals surface area contributed by atoms with Crippen LogP contribution in [0.25, 0.3) is 112 Å². The van der Waals surface area contributed by atoms with Gasteiger partial charge in [0.2, 0.25) is 0 Å². The SMILES string of the molecule is CC(C)OC(=O)c1ccc(-c2ccc3ncc(-c4ccc(OC(C)C)cc4)n3c2)cc1.CC(C)Oc1ccc(-c2cnc3ccc(-c4ccc(C5(O)CC5)cc4)cn23)cc1.Cc1cc(-c2ccc3ncc(-c4ccc(OC(C)C)cc4)n3c2)ccc1OC(C)C.Cc1cc(OC(C)C)ccc1-c1ccc2ncc(-c3ccc(OC(C)C)cc3)n2c1. The highest BCUT2D eigenvalue weighted by atomic mass is 16.5. The molecule has 0 amide bonds. The summed E-state index contributed by atoms with van der Waals surface area (Å²) in [6, 6.07) is 77.4. The number of aryl methyl sites for hydroxylation is 2. The Bertz CT molecular complexity index is 6170. The number of carbonyl (C=O) groups is 1. The third kappa shape index (κ3) is 20.3. The number of rotatable bonds is 23. The minimum atomic E-state index is -0.592. The van der Waals surface area contributed by atoms with Crippen molar-refractivity contribution in [1.29, 1.82) is 0 Å². The molecule has 8 heterocycles. The first kappa shape index (κ1) is 83.2. The molecular formula is C103H106N8O9. The highest BCUT2D eigenvalue weighted by Crippen LogP contribution is 2.46. The number of hydrogen-bond acceptors (Lipinski definition) is 13. The van der Waals surface area contributed by atoms with Gasteiger partial charge in [0.25, 0.3) is 0 Å². The smallest absolute Gasteiger partial charge is 0.338 e. The van der Waals surface area contributed by atoms with Crippen LogP contribution >= 0.6 is 0 Å². The summed E-state index contributed by atoms with van der Waals surface area (Å²) in [5.41, 5.74) is 24.4. The topological polar surface area (TPSA) is 171 Å². The highest BCUT2D eigenvalue weighted by Gasteiger charge is 2.42. The number of benzene rings is 8. The number of fused-ring (bicyclic) bond motifs is 4. The summed E-state index contributed by atoms with van der Waals surface area (Å²) < 4.78 is 48.5. The third-order valence-electron chi connectivity index (χ3n) is 20.1. The quantitative estimate of drug-likeness (QED) is 0.0601. The average molecular weight is 1600 g/mol. The summed E-state index contributed by atoms with van der Waals surface area (Å²) in [4.78, 5) is 30.3. The van der Waals surface area contributed by atoms with Gasteiger partial charge in [0.15, 0.2) is 0 Å². The molecule has 1 N–H and O–H groups in total. The molecule has 1 aliphatic rings. The van der Waals surface area contributed by atoms with Crippen molar-refractivity contribution in [1.82, 2.24) is 37.5 Å². The molecule has 0 radical (unpaired) electrons. The number of esters is 1. The summed E-state index contributed by atoms with van der Waals surface area (Å²) in [6.07, 6.45) is 18.6. The van der Waals surface area contributed by atoms with E-state index in [-0.39, 0.29) is 48.7 Å². The Morgan fingerprint density at radius 3 is 0.942 bits per heavy atom. The van der Waals surface area contributed by atoms with Crippen molar-refractivity contribution in [2.75, 3.05) is 0 Å². The molecule has 17 rings (SSSR count). The van der Waals surface area contributed by atoms with Crippen LogP contribution < -0.4 is 28.4 Å². The fourth-order valence-corrected chi connectivity index (χ4v) is 14.3. The van der Waals surface area contributed by atoms with Crippen LogP contribution in [0.4, 0.5) is 0 Å². The first-order chi connectivity index (χ1) is 57.7. The standard InChI is InChI=1S/C26H26N2O3.2C26H28N2O2.C25H24N2O2/c1-17(2)30-23-12-9-20(10-13-23)24-15-27-25-14-11-22(16-28(24)25)19-5-7-21(8-6-19)26(29)31-18(3)4;1-17(2)29-23-10-6-20(7-11-23)24-15-27-26-13-9-22(16-28(24)26)21-8-12-25(19(5)14-21)30-18(3)4;1-17(2)29-22-9-6-20(7-10-22)25-15-27-26-13-8-21(16-28(25)26)24-12-11-23(14-19(24)5)30-18(3)4;1-17(2)29-22-10-5-19(6-11-22)23-15-26-24-12-7-20(16-27(23)24)18-3-8-21(9-4-18)25(28)13-14-25/h5-18H,1-4H3;2*6-18H,1-5H3;3-12,15-17,28H,13-14H2,1-2H3. The maximum Gasteiger partial charge on any atom is 0.338 e. The molecule has 8 aromatic carbocycles. The lowest BCUT2D eigenvalue weighted by atomic mass is 10.0. The zero-order chi connectivity index (χ0) is 84.5. The van der Waals surface area contributed by atoms with Crippen molar-refractivity contribution in [3.05, 3.63) is 302 Å². The molecule has 120 heavy (non-hydrogen) atoms. The summed E-state index contributed by atoms with van der Waals surface area (Å²) in [7, 11) is 0. The molecule has 0 saturated heterocycles. The molecule has 1 saturated carbocycles. The number of aliphatic hydroxyl groups is 1. The summed E-state index contributed by atoms with van der Waals surface area (Å²) in [5.74, 6) is 5.00. The zero-order valence-electron chi connectivity index (χ0n) is 71.3. The van der Waals surface area contributed by atoms with Gasteiger partial charge >= 0.3 is 5.97 Å². The van der Waals surface area contributed by atoms with Crippen molar-refractivity contribution in [3.63, 3.8) is 0 Å². The van der Waals surface area contributed by atoms with Crippen LogP contribution in [0.3, 0.4) is 0 Å². The van der Waals surface area contributed by atoms with E-state index in [1.165, 1.54) is 11.1 Å². The predicted molar refractivity (Wildman–Crippen MR) is 482 cm³/mol. The second-order valence-electron chi connectivity index (χ2n) is 32.4. The Labute approximate surface area is 703 Å². The Morgan fingerprint density at radius 2 is 0.608 bits per heavy atom. The summed E-state index contributed by atoms with van der Waals surface area (Å²) >= 11 is 0. The van der Waals surface area contributed by atoms with E-state index in [1.807, 2.05) is 231 Å². The zero-order valence-corrected chi connectivity index (χ0v) is 71.3. The highest BCUT2D eigenvalue weighted by molar-refractivity contribution is 5.90. The van der Waals surface area contributed by atoms with E-state index in [0.717, 1.165) is 165 Å². The first-order valence-corrected chi connectivity index (χ1v) is 41.4. The van der Waals surface area contributed by atoms with Crippen LogP contribution in [0.5, 0.6) is 34.5 Å². The molecule has 0 unspecified atom stereocenters. The van der Waals surface area contributed by atoms with Crippen LogP contribution in [0.15, 0.2) is 280 Å². The molecule has 8 aromatic heterocycles. The van der Waals surface area contributed by atoms with Crippen LogP contribution in [-0.2, 0) is 10.3 Å². The van der Waals surface area contributed by atoms with Gasteiger partial charge in [-0.25, -0.2) is 24.7 Å². The number of ether oxygens (including phenoxy) is 7. The molecule has 0 atom stereocenters. The number of carbonyl (C=O) groups excluding carboxylic acids is 1. The van der Waals surface area contributed by atoms with Gasteiger partial charge in [-0.1, -0.05) is 48.5 Å². The van der Waals surface area contributed by atoms with Gasteiger partial charge in [0.1, 0.15) is 57.1 Å². The van der Waals surface area contributed by atoms with Crippen molar-refractivity contribution < 1.29 is 43.1 Å². The maximum absolute atomic E-state index is 12.1. The van der Waals surface area contributed by atoms with Gasteiger partial charge in [0.05, 0.1) is 101 Å². The molecule has 1 aliphatic carbocycles. The fourth-order valence-electron chi connectivity index (χ4n) is 14.3. The fraction of sp³-hybridized carbons (Fsp3) is 0.252. The van der Waals surface area contributed by atoms with Crippen LogP contribution in [0.1, 0.15) is 137 Å². The second-order valence-corrected chi connectivity index (χ2v) is 32.4. The molecule has 17 nitrogen and oxygen atoms in total. The predicted octanol–water partition coefficient (Wildman–Crippen LogP) is 24.6. The lowest BCUT2D eigenvalue weighted by Gasteiger charge is -2.14. The minimum absolute atomic E-state index is 0.139. The Morgan fingerprint density at radius 1 is 0.308 bits per heavy atom. The lowest BCUT2D eigenvalue weighted by molar-refractivity contribution is 0.0377. The van der Waals surface area contributed by atoms with Gasteiger partial charge in [-0.3, -0.25) is 17.6 Å². The number of aromatic nitrogens is 8. The van der Waals surface area contributed by atoms with Gasteiger partial charge in [-0.05, 0) is 367 Å². The summed E-state index contributed by atoms with van der Waals surface area (Å²) in [5, 5.41) is 10.3. The van der Waals surface area contributed by atoms with Crippen molar-refractivity contribution in [2.45, 2.75) is 172 Å². The molecule has 612 valence electrons. The number of hydrogen-bond donors (Lipinski definition) is 1. The number of imidazole rings is 4.